The van der Waals surface area contributed by atoms with E-state index in [0.717, 1.165) is 0 Å². The molecule has 0 aromatic heterocycles. The fourth-order valence-corrected chi connectivity index (χ4v) is 3.10. The van der Waals surface area contributed by atoms with Crippen LogP contribution in [-0.2, 0) is 16.2 Å². The quantitative estimate of drug-likeness (QED) is 0.480. The van der Waals surface area contributed by atoms with Crippen molar-refractivity contribution in [2.24, 2.45) is 5.16 Å². The molecular formula is C20H17BrFNO4. The Hall–Kier alpha value is -2.67. The Balaban J connectivity index is 1.91. The predicted octanol–water partition coefficient (Wildman–Crippen LogP) is 4.88. The van der Waals surface area contributed by atoms with Gasteiger partial charge < -0.3 is 14.3 Å². The van der Waals surface area contributed by atoms with Crippen LogP contribution >= 0.6 is 15.9 Å². The van der Waals surface area contributed by atoms with E-state index in [2.05, 4.69) is 25.9 Å². The Bertz CT molecular complexity index is 940. The van der Waals surface area contributed by atoms with E-state index in [1.54, 1.807) is 43.3 Å². The number of halogens is 2. The van der Waals surface area contributed by atoms with E-state index in [4.69, 9.17) is 9.47 Å². The highest BCUT2D eigenvalue weighted by Crippen LogP contribution is 2.38. The fraction of sp³-hybridized carbons (Fsp3) is 0.200. The normalized spacial score (nSPS) is 14.9. The Labute approximate surface area is 164 Å². The maximum Gasteiger partial charge on any atom is 0.367 e. The minimum atomic E-state index is -0.499. The van der Waals surface area contributed by atoms with Crippen LogP contribution in [0.5, 0.6) is 11.5 Å². The van der Waals surface area contributed by atoms with Crippen molar-refractivity contribution < 1.29 is 23.5 Å². The Morgan fingerprint density at radius 1 is 1.26 bits per heavy atom. The zero-order chi connectivity index (χ0) is 19.4. The SMILES string of the molecule is CCOc1cc(/C=C2/C(=O)ON=C2C)cc(Br)c1OCc1ccccc1F. The largest absolute Gasteiger partial charge is 0.490 e. The van der Waals surface area contributed by atoms with Crippen LogP contribution < -0.4 is 9.47 Å². The van der Waals surface area contributed by atoms with Gasteiger partial charge in [0, 0.05) is 5.56 Å². The summed E-state index contributed by atoms with van der Waals surface area (Å²) in [6.07, 6.45) is 1.67. The monoisotopic (exact) mass is 433 g/mol. The highest BCUT2D eigenvalue weighted by atomic mass is 79.9. The number of oxime groups is 1. The summed E-state index contributed by atoms with van der Waals surface area (Å²) in [6, 6.07) is 9.96. The van der Waals surface area contributed by atoms with E-state index >= 15 is 0 Å². The van der Waals surface area contributed by atoms with Crippen LogP contribution in [0, 0.1) is 5.82 Å². The average Bonchev–Trinajstić information content (AvgIpc) is 2.95. The standard InChI is InChI=1S/C20H17BrFNO4/c1-3-25-18-10-13(8-15-12(2)23-27-20(15)24)9-16(21)19(18)26-11-14-6-4-5-7-17(14)22/h4-10H,3,11H2,1-2H3/b15-8+. The summed E-state index contributed by atoms with van der Waals surface area (Å²) in [6.45, 7) is 4.03. The molecule has 0 N–H and O–H groups in total. The summed E-state index contributed by atoms with van der Waals surface area (Å²) in [4.78, 5) is 16.4. The first-order valence-corrected chi connectivity index (χ1v) is 9.09. The molecule has 2 aromatic rings. The molecule has 1 aliphatic heterocycles. The number of ether oxygens (including phenoxy) is 2. The molecule has 0 amide bonds. The fourth-order valence-electron chi connectivity index (χ4n) is 2.53. The van der Waals surface area contributed by atoms with Gasteiger partial charge in [0.15, 0.2) is 11.5 Å². The van der Waals surface area contributed by atoms with Gasteiger partial charge in [0.2, 0.25) is 0 Å². The molecule has 0 saturated heterocycles. The minimum absolute atomic E-state index is 0.0594. The number of nitrogens with zero attached hydrogens (tertiary/aromatic N) is 1. The first kappa shape index (κ1) is 19.1. The first-order valence-electron chi connectivity index (χ1n) is 8.30. The third-order valence-electron chi connectivity index (χ3n) is 3.85. The lowest BCUT2D eigenvalue weighted by atomic mass is 10.1. The van der Waals surface area contributed by atoms with E-state index < -0.39 is 5.97 Å². The van der Waals surface area contributed by atoms with Crippen LogP contribution in [0.25, 0.3) is 6.08 Å². The van der Waals surface area contributed by atoms with E-state index in [-0.39, 0.29) is 12.4 Å². The summed E-state index contributed by atoms with van der Waals surface area (Å²) in [5.74, 6) is 0.113. The van der Waals surface area contributed by atoms with Gasteiger partial charge in [0.05, 0.1) is 22.4 Å². The molecule has 0 aliphatic carbocycles. The van der Waals surface area contributed by atoms with E-state index in [0.29, 0.717) is 45.0 Å². The van der Waals surface area contributed by atoms with Crippen molar-refractivity contribution in [3.63, 3.8) is 0 Å². The zero-order valence-electron chi connectivity index (χ0n) is 14.8. The third-order valence-corrected chi connectivity index (χ3v) is 4.44. The molecule has 1 heterocycles. The summed E-state index contributed by atoms with van der Waals surface area (Å²) < 4.78 is 25.9. The van der Waals surface area contributed by atoms with Crippen LogP contribution in [0.2, 0.25) is 0 Å². The third kappa shape index (κ3) is 4.36. The Morgan fingerprint density at radius 3 is 2.70 bits per heavy atom. The Morgan fingerprint density at radius 2 is 2.04 bits per heavy atom. The number of carbonyl (C=O) groups excluding carboxylic acids is 1. The lowest BCUT2D eigenvalue weighted by Gasteiger charge is -2.15. The second-order valence-electron chi connectivity index (χ2n) is 5.76. The predicted molar refractivity (Wildman–Crippen MR) is 103 cm³/mol. The molecule has 7 heteroatoms. The van der Waals surface area contributed by atoms with E-state index in [1.165, 1.54) is 6.07 Å². The molecule has 0 saturated carbocycles. The van der Waals surface area contributed by atoms with Crippen LogP contribution in [0.15, 0.2) is 51.6 Å². The first-order chi connectivity index (χ1) is 13.0. The molecule has 27 heavy (non-hydrogen) atoms. The number of hydrogen-bond donors (Lipinski definition) is 0. The molecule has 0 radical (unpaired) electrons. The molecule has 0 bridgehead atoms. The van der Waals surface area contributed by atoms with E-state index in [9.17, 15) is 9.18 Å². The van der Waals surface area contributed by atoms with Crippen LogP contribution in [-0.4, -0.2) is 18.3 Å². The topological polar surface area (TPSA) is 57.1 Å². The highest BCUT2D eigenvalue weighted by Gasteiger charge is 2.22. The van der Waals surface area contributed by atoms with Crippen LogP contribution in [0.1, 0.15) is 25.0 Å². The molecule has 5 nitrogen and oxygen atoms in total. The van der Waals surface area contributed by atoms with Gasteiger partial charge in [-0.2, -0.15) is 0 Å². The van der Waals surface area contributed by atoms with Crippen molar-refractivity contribution >= 4 is 33.7 Å². The molecule has 3 rings (SSSR count). The molecule has 2 aromatic carbocycles. The molecule has 140 valence electrons. The van der Waals surface area contributed by atoms with Gasteiger partial charge in [-0.25, -0.2) is 9.18 Å². The Kier molecular flexibility index (Phi) is 5.91. The van der Waals surface area contributed by atoms with E-state index in [1.807, 2.05) is 6.92 Å². The molecule has 0 fully saturated rings. The lowest BCUT2D eigenvalue weighted by Crippen LogP contribution is -2.04. The van der Waals surface area contributed by atoms with Crippen molar-refractivity contribution in [2.75, 3.05) is 6.61 Å². The number of benzene rings is 2. The van der Waals surface area contributed by atoms with Gasteiger partial charge in [0.1, 0.15) is 12.4 Å². The van der Waals surface area contributed by atoms with Crippen LogP contribution in [0.3, 0.4) is 0 Å². The van der Waals surface area contributed by atoms with Crippen molar-refractivity contribution in [1.29, 1.82) is 0 Å². The van der Waals surface area contributed by atoms with Gasteiger partial charge in [-0.3, -0.25) is 0 Å². The number of hydrogen-bond acceptors (Lipinski definition) is 5. The summed E-state index contributed by atoms with van der Waals surface area (Å²) in [5, 5.41) is 3.66. The molecule has 0 atom stereocenters. The van der Waals surface area contributed by atoms with Crippen molar-refractivity contribution in [2.45, 2.75) is 20.5 Å². The summed E-state index contributed by atoms with van der Waals surface area (Å²) in [5.41, 5.74) is 2.05. The van der Waals surface area contributed by atoms with Gasteiger partial charge in [-0.1, -0.05) is 23.4 Å². The molecule has 0 unspecified atom stereocenters. The number of carbonyl (C=O) groups is 1. The second kappa shape index (κ2) is 8.35. The molecule has 0 spiro atoms. The highest BCUT2D eigenvalue weighted by molar-refractivity contribution is 9.10. The molecular weight excluding hydrogens is 417 g/mol. The molecule has 1 aliphatic rings. The van der Waals surface area contributed by atoms with Gasteiger partial charge in [-0.15, -0.1) is 0 Å². The van der Waals surface area contributed by atoms with Crippen molar-refractivity contribution in [3.8, 4) is 11.5 Å². The maximum absolute atomic E-state index is 13.8. The van der Waals surface area contributed by atoms with Crippen molar-refractivity contribution in [3.05, 3.63) is 63.4 Å². The van der Waals surface area contributed by atoms with Crippen LogP contribution in [0.4, 0.5) is 4.39 Å². The zero-order valence-corrected chi connectivity index (χ0v) is 16.4. The lowest BCUT2D eigenvalue weighted by molar-refractivity contribution is -0.136. The van der Waals surface area contributed by atoms with Gasteiger partial charge in [-0.05, 0) is 59.6 Å². The average molecular weight is 434 g/mol. The maximum atomic E-state index is 13.8. The summed E-state index contributed by atoms with van der Waals surface area (Å²) in [7, 11) is 0. The number of rotatable bonds is 6. The smallest absolute Gasteiger partial charge is 0.367 e. The minimum Gasteiger partial charge on any atom is -0.490 e. The second-order valence-corrected chi connectivity index (χ2v) is 6.61. The summed E-state index contributed by atoms with van der Waals surface area (Å²) >= 11 is 3.47. The van der Waals surface area contributed by atoms with Gasteiger partial charge >= 0.3 is 5.97 Å². The van der Waals surface area contributed by atoms with Crippen molar-refractivity contribution in [1.82, 2.24) is 0 Å². The van der Waals surface area contributed by atoms with Gasteiger partial charge in [0.25, 0.3) is 0 Å².